The Hall–Kier alpha value is -3.05. The summed E-state index contributed by atoms with van der Waals surface area (Å²) in [6, 6.07) is 0. The minimum Gasteiger partial charge on any atom is -0.356 e. The summed E-state index contributed by atoms with van der Waals surface area (Å²) in [5.74, 6) is 0.400. The van der Waals surface area contributed by atoms with E-state index in [1.807, 2.05) is 12.4 Å². The third-order valence-electron chi connectivity index (χ3n) is 13.7. The first-order chi connectivity index (χ1) is 34.5. The van der Waals surface area contributed by atoms with Crippen molar-refractivity contribution in [3.63, 3.8) is 0 Å². The maximum Gasteiger partial charge on any atom is 0.221 e. The lowest BCUT2D eigenvalue weighted by molar-refractivity contribution is -0.122. The molecular formula is C59H112N8O3. The topological polar surface area (TPSA) is 144 Å². The lowest BCUT2D eigenvalue weighted by Gasteiger charge is -2.21. The van der Waals surface area contributed by atoms with Gasteiger partial charge in [-0.1, -0.05) is 219 Å². The molecule has 0 aliphatic carbocycles. The largest absolute Gasteiger partial charge is 0.356 e. The SMILES string of the molecule is CCCCCCCCCCCCCNC(=O)CCN(CCC(=O)NCCCCCCCCCCCCC)CCc1cnc[nH]1.CCCCCCCCCCCCCNC(=O)CCNCCC1=CCC=N1. The van der Waals surface area contributed by atoms with Crippen LogP contribution in [-0.2, 0) is 20.8 Å². The summed E-state index contributed by atoms with van der Waals surface area (Å²) in [5, 5.41) is 12.6. The Kier molecular flexibility index (Phi) is 48.5. The van der Waals surface area contributed by atoms with E-state index in [9.17, 15) is 14.4 Å². The fraction of sp³-hybridized carbons (Fsp3) is 0.847. The smallest absolute Gasteiger partial charge is 0.221 e. The van der Waals surface area contributed by atoms with Crippen LogP contribution in [0.15, 0.2) is 29.3 Å². The molecule has 0 unspecified atom stereocenters. The summed E-state index contributed by atoms with van der Waals surface area (Å²) in [7, 11) is 0. The van der Waals surface area contributed by atoms with Crippen molar-refractivity contribution < 1.29 is 14.4 Å². The minimum atomic E-state index is 0.115. The van der Waals surface area contributed by atoms with Crippen LogP contribution in [0.1, 0.15) is 270 Å². The zero-order valence-electron chi connectivity index (χ0n) is 46.1. The number of unbranched alkanes of at least 4 members (excludes halogenated alkanes) is 30. The predicted octanol–water partition coefficient (Wildman–Crippen LogP) is 14.0. The average molecular weight is 982 g/mol. The van der Waals surface area contributed by atoms with E-state index in [-0.39, 0.29) is 17.7 Å². The number of aromatic amines is 1. The number of H-pyrrole nitrogens is 1. The molecule has 0 saturated heterocycles. The van der Waals surface area contributed by atoms with Gasteiger partial charge < -0.3 is 31.2 Å². The maximum absolute atomic E-state index is 12.5. The molecule has 2 rings (SSSR count). The van der Waals surface area contributed by atoms with Crippen LogP contribution in [0.25, 0.3) is 0 Å². The molecule has 1 aromatic heterocycles. The molecule has 0 spiro atoms. The number of aromatic nitrogens is 2. The molecule has 11 nitrogen and oxygen atoms in total. The maximum atomic E-state index is 12.5. The Labute approximate surface area is 431 Å². The van der Waals surface area contributed by atoms with Gasteiger partial charge in [0, 0.05) is 115 Å². The van der Waals surface area contributed by atoms with E-state index in [4.69, 9.17) is 0 Å². The first kappa shape index (κ1) is 65.0. The predicted molar refractivity (Wildman–Crippen MR) is 300 cm³/mol. The van der Waals surface area contributed by atoms with Crippen molar-refractivity contribution in [3.05, 3.63) is 30.0 Å². The zero-order valence-corrected chi connectivity index (χ0v) is 46.1. The summed E-state index contributed by atoms with van der Waals surface area (Å²) in [4.78, 5) is 50.6. The monoisotopic (exact) mass is 981 g/mol. The van der Waals surface area contributed by atoms with Gasteiger partial charge in [0.2, 0.25) is 17.7 Å². The molecule has 0 fully saturated rings. The van der Waals surface area contributed by atoms with E-state index in [1.165, 1.54) is 198 Å². The van der Waals surface area contributed by atoms with Gasteiger partial charge in [-0.2, -0.15) is 0 Å². The van der Waals surface area contributed by atoms with Crippen LogP contribution in [0.5, 0.6) is 0 Å². The normalized spacial score (nSPS) is 12.0. The van der Waals surface area contributed by atoms with Crippen LogP contribution >= 0.6 is 0 Å². The Morgan fingerprint density at radius 2 is 0.857 bits per heavy atom. The quantitative estimate of drug-likeness (QED) is 0.0411. The summed E-state index contributed by atoms with van der Waals surface area (Å²) in [6.07, 6.45) is 55.6. The van der Waals surface area contributed by atoms with Crippen LogP contribution in [0.2, 0.25) is 0 Å². The molecule has 11 heteroatoms. The molecule has 0 atom stereocenters. The molecule has 2 heterocycles. The van der Waals surface area contributed by atoms with Crippen molar-refractivity contribution in [2.45, 2.75) is 271 Å². The molecule has 406 valence electrons. The fourth-order valence-electron chi connectivity index (χ4n) is 8.99. The first-order valence-electron chi connectivity index (χ1n) is 29.9. The number of hydrogen-bond donors (Lipinski definition) is 5. The van der Waals surface area contributed by atoms with Gasteiger partial charge in [0.1, 0.15) is 0 Å². The number of nitrogens with zero attached hydrogens (tertiary/aromatic N) is 3. The van der Waals surface area contributed by atoms with Crippen LogP contribution < -0.4 is 21.3 Å². The second-order valence-electron chi connectivity index (χ2n) is 20.3. The zero-order chi connectivity index (χ0) is 50.5. The van der Waals surface area contributed by atoms with Crippen molar-refractivity contribution >= 4 is 23.9 Å². The van der Waals surface area contributed by atoms with Gasteiger partial charge >= 0.3 is 0 Å². The molecule has 1 aliphatic rings. The molecule has 70 heavy (non-hydrogen) atoms. The van der Waals surface area contributed by atoms with Gasteiger partial charge in [-0.3, -0.25) is 19.4 Å². The number of carbonyl (C=O) groups is 3. The number of amides is 3. The molecular weight excluding hydrogens is 869 g/mol. The molecule has 3 amide bonds. The van der Waals surface area contributed by atoms with Crippen LogP contribution in [0.3, 0.4) is 0 Å². The van der Waals surface area contributed by atoms with Gasteiger partial charge in [-0.25, -0.2) is 4.98 Å². The number of allylic oxidation sites excluding steroid dienone is 1. The molecule has 1 aromatic rings. The summed E-state index contributed by atoms with van der Waals surface area (Å²) in [6.45, 7) is 13.0. The number of carbonyl (C=O) groups excluding carboxylic acids is 3. The van der Waals surface area contributed by atoms with Crippen molar-refractivity contribution in [2.75, 3.05) is 52.4 Å². The highest BCUT2D eigenvalue weighted by Crippen LogP contribution is 2.14. The second kappa shape index (κ2) is 52.3. The minimum absolute atomic E-state index is 0.115. The third kappa shape index (κ3) is 46.0. The van der Waals surface area contributed by atoms with E-state index in [1.54, 1.807) is 6.33 Å². The van der Waals surface area contributed by atoms with E-state index < -0.39 is 0 Å². The molecule has 5 N–H and O–H groups in total. The van der Waals surface area contributed by atoms with E-state index >= 15 is 0 Å². The van der Waals surface area contributed by atoms with Crippen LogP contribution in [-0.4, -0.2) is 91.2 Å². The van der Waals surface area contributed by atoms with Crippen molar-refractivity contribution in [3.8, 4) is 0 Å². The number of aliphatic imine (C=N–C) groups is 1. The first-order valence-corrected chi connectivity index (χ1v) is 29.9. The number of imidazole rings is 1. The summed E-state index contributed by atoms with van der Waals surface area (Å²) < 4.78 is 0. The summed E-state index contributed by atoms with van der Waals surface area (Å²) in [5.41, 5.74) is 2.25. The lowest BCUT2D eigenvalue weighted by atomic mass is 10.1. The van der Waals surface area contributed by atoms with Crippen LogP contribution in [0.4, 0.5) is 0 Å². The highest BCUT2D eigenvalue weighted by atomic mass is 16.2. The third-order valence-corrected chi connectivity index (χ3v) is 13.7. The lowest BCUT2D eigenvalue weighted by Crippen LogP contribution is -2.35. The van der Waals surface area contributed by atoms with Gasteiger partial charge in [0.25, 0.3) is 0 Å². The van der Waals surface area contributed by atoms with Crippen molar-refractivity contribution in [1.29, 1.82) is 0 Å². The van der Waals surface area contributed by atoms with Gasteiger partial charge in [0.05, 0.1) is 6.33 Å². The molecule has 1 aliphatic heterocycles. The average Bonchev–Trinajstić information content (AvgIpc) is 4.10. The van der Waals surface area contributed by atoms with Crippen LogP contribution in [0, 0.1) is 0 Å². The number of nitrogens with one attached hydrogen (secondary N) is 5. The van der Waals surface area contributed by atoms with Gasteiger partial charge in [-0.05, 0) is 19.3 Å². The van der Waals surface area contributed by atoms with E-state index in [0.29, 0.717) is 32.4 Å². The van der Waals surface area contributed by atoms with Crippen molar-refractivity contribution in [1.82, 2.24) is 36.1 Å². The van der Waals surface area contributed by atoms with Gasteiger partial charge in [0.15, 0.2) is 0 Å². The Morgan fingerprint density at radius 1 is 0.471 bits per heavy atom. The van der Waals surface area contributed by atoms with E-state index in [2.05, 4.69) is 68.0 Å². The second-order valence-corrected chi connectivity index (χ2v) is 20.3. The molecule has 0 aromatic carbocycles. The molecule has 0 saturated carbocycles. The Bertz CT molecular complexity index is 1310. The fourth-order valence-corrected chi connectivity index (χ4v) is 8.99. The molecule has 0 radical (unpaired) electrons. The number of hydrogen-bond acceptors (Lipinski definition) is 7. The Balaban J connectivity index is 0.000000799. The molecule has 0 bridgehead atoms. The Morgan fingerprint density at radius 3 is 1.21 bits per heavy atom. The van der Waals surface area contributed by atoms with E-state index in [0.717, 1.165) is 83.5 Å². The number of rotatable bonds is 51. The highest BCUT2D eigenvalue weighted by molar-refractivity contribution is 5.77. The standard InChI is InChI=1S/C37H71N5O2.C22H41N3O/c1-3-5-7-9-11-13-15-17-19-21-23-28-39-36(43)26-31-42(30-25-35-33-38-34-41-35)32-27-37(44)40-29-24-22-20-18-16-14-12-10-8-6-4-2;1-2-3-4-5-6-7-8-9-10-11-12-17-25-22(26)16-20-23-19-15-21-14-13-18-24-21/h33-34H,3-32H2,1-2H3,(H,38,41)(H,39,43)(H,40,44);14,18,23H,2-13,15-17,19-20H2,1H3,(H,25,26). The summed E-state index contributed by atoms with van der Waals surface area (Å²) >= 11 is 0. The van der Waals surface area contributed by atoms with Gasteiger partial charge in [-0.15, -0.1) is 0 Å². The highest BCUT2D eigenvalue weighted by Gasteiger charge is 2.12. The van der Waals surface area contributed by atoms with Crippen molar-refractivity contribution in [2.24, 2.45) is 4.99 Å².